The number of hydrogen-bond donors (Lipinski definition) is 2. The van der Waals surface area contributed by atoms with Crippen molar-refractivity contribution in [2.24, 2.45) is 9.98 Å². The van der Waals surface area contributed by atoms with E-state index in [0.29, 0.717) is 25.2 Å². The predicted molar refractivity (Wildman–Crippen MR) is 127 cm³/mol. The molecular formula is C23H26N8O. The van der Waals surface area contributed by atoms with E-state index in [2.05, 4.69) is 55.1 Å². The van der Waals surface area contributed by atoms with Crippen LogP contribution in [0.5, 0.6) is 0 Å². The van der Waals surface area contributed by atoms with E-state index in [1.807, 2.05) is 18.3 Å². The molecular weight excluding hydrogens is 404 g/mol. The van der Waals surface area contributed by atoms with Gasteiger partial charge in [-0.2, -0.15) is 5.10 Å². The Kier molecular flexibility index (Phi) is 5.64. The summed E-state index contributed by atoms with van der Waals surface area (Å²) in [5.74, 6) is 1.46. The van der Waals surface area contributed by atoms with Crippen LogP contribution in [0.3, 0.4) is 0 Å². The van der Waals surface area contributed by atoms with Gasteiger partial charge in [0.1, 0.15) is 17.0 Å². The molecule has 32 heavy (non-hydrogen) atoms. The standard InChI is InChI=1S/C23H26N8O/c1-15(14-26-23(24-2)28-16-3-4-16)18-13-20(31-9-11-32-12-10-31)29-21-17(18)5-7-25-22(21)19-6-8-27-30-19/h5-8,13-14,16H,2-4,9-12H2,1H3,(H,26,28)(H,27,30)/b15-14+. The first-order valence-corrected chi connectivity index (χ1v) is 10.8. The number of H-pyrrole nitrogens is 1. The maximum Gasteiger partial charge on any atom is 0.222 e. The average Bonchev–Trinajstić information content (AvgIpc) is 3.49. The molecule has 1 aliphatic carbocycles. The molecule has 0 atom stereocenters. The molecule has 0 radical (unpaired) electrons. The fraction of sp³-hybridized carbons (Fsp3) is 0.348. The van der Waals surface area contributed by atoms with E-state index in [0.717, 1.165) is 65.2 Å². The van der Waals surface area contributed by atoms with E-state index in [9.17, 15) is 0 Å². The molecule has 9 nitrogen and oxygen atoms in total. The monoisotopic (exact) mass is 430 g/mol. The number of aromatic nitrogens is 4. The van der Waals surface area contributed by atoms with Crippen molar-refractivity contribution in [2.45, 2.75) is 25.8 Å². The van der Waals surface area contributed by atoms with E-state index >= 15 is 0 Å². The molecule has 0 amide bonds. The van der Waals surface area contributed by atoms with Crippen LogP contribution in [-0.2, 0) is 4.74 Å². The Balaban J connectivity index is 1.62. The zero-order chi connectivity index (χ0) is 21.9. The number of nitrogens with zero attached hydrogens (tertiary/aromatic N) is 6. The number of guanidine groups is 1. The molecule has 1 saturated carbocycles. The summed E-state index contributed by atoms with van der Waals surface area (Å²) in [6, 6.07) is 6.49. The Morgan fingerprint density at radius 1 is 1.28 bits per heavy atom. The normalized spacial score (nSPS) is 17.6. The lowest BCUT2D eigenvalue weighted by molar-refractivity contribution is 0.122. The van der Waals surface area contributed by atoms with Crippen LogP contribution in [0.4, 0.5) is 5.82 Å². The highest BCUT2D eigenvalue weighted by atomic mass is 16.5. The van der Waals surface area contributed by atoms with Crippen LogP contribution in [0.2, 0.25) is 0 Å². The summed E-state index contributed by atoms with van der Waals surface area (Å²) in [6.45, 7) is 8.67. The fourth-order valence-electron chi connectivity index (χ4n) is 3.77. The summed E-state index contributed by atoms with van der Waals surface area (Å²) in [7, 11) is 0. The molecule has 1 aliphatic heterocycles. The smallest absolute Gasteiger partial charge is 0.222 e. The predicted octanol–water partition coefficient (Wildman–Crippen LogP) is 3.03. The minimum atomic E-state index is 0.464. The number of aliphatic imine (C=N–C) groups is 2. The largest absolute Gasteiger partial charge is 0.378 e. The van der Waals surface area contributed by atoms with Crippen LogP contribution in [-0.4, -0.2) is 65.2 Å². The van der Waals surface area contributed by atoms with Crippen LogP contribution >= 0.6 is 0 Å². The summed E-state index contributed by atoms with van der Waals surface area (Å²) in [6.07, 6.45) is 7.67. The number of morpholine rings is 1. The Hall–Kier alpha value is -3.59. The van der Waals surface area contributed by atoms with Crippen molar-refractivity contribution in [3.8, 4) is 11.4 Å². The summed E-state index contributed by atoms with van der Waals surface area (Å²) in [4.78, 5) is 20.4. The van der Waals surface area contributed by atoms with E-state index in [-0.39, 0.29) is 0 Å². The second-order valence-corrected chi connectivity index (χ2v) is 8.00. The summed E-state index contributed by atoms with van der Waals surface area (Å²) < 4.78 is 5.54. The molecule has 2 aliphatic rings. The zero-order valence-corrected chi connectivity index (χ0v) is 18.1. The highest BCUT2D eigenvalue weighted by Crippen LogP contribution is 2.32. The van der Waals surface area contributed by atoms with Gasteiger partial charge in [-0.25, -0.2) is 15.0 Å². The third-order valence-corrected chi connectivity index (χ3v) is 5.67. The van der Waals surface area contributed by atoms with Crippen LogP contribution in [0.1, 0.15) is 25.3 Å². The minimum absolute atomic E-state index is 0.464. The molecule has 164 valence electrons. The van der Waals surface area contributed by atoms with E-state index < -0.39 is 0 Å². The molecule has 0 unspecified atom stereocenters. The van der Waals surface area contributed by atoms with Crippen molar-refractivity contribution in [3.05, 3.63) is 42.4 Å². The van der Waals surface area contributed by atoms with Crippen LogP contribution in [0, 0.1) is 0 Å². The van der Waals surface area contributed by atoms with Crippen molar-refractivity contribution in [3.63, 3.8) is 0 Å². The molecule has 9 heteroatoms. The van der Waals surface area contributed by atoms with Crippen molar-refractivity contribution < 1.29 is 4.74 Å². The van der Waals surface area contributed by atoms with Crippen molar-refractivity contribution in [1.82, 2.24) is 25.5 Å². The summed E-state index contributed by atoms with van der Waals surface area (Å²) >= 11 is 0. The van der Waals surface area contributed by atoms with Gasteiger partial charge in [-0.1, -0.05) is 0 Å². The van der Waals surface area contributed by atoms with E-state index in [1.54, 1.807) is 12.4 Å². The number of anilines is 1. The van der Waals surface area contributed by atoms with Crippen LogP contribution in [0.25, 0.3) is 27.9 Å². The Bertz CT molecular complexity index is 1170. The molecule has 0 spiro atoms. The topological polar surface area (TPSA) is 104 Å². The Morgan fingerprint density at radius 2 is 2.12 bits per heavy atom. The van der Waals surface area contributed by atoms with Crippen molar-refractivity contribution >= 4 is 35.0 Å². The average molecular weight is 431 g/mol. The quantitative estimate of drug-likeness (QED) is 0.476. The minimum Gasteiger partial charge on any atom is -0.378 e. The number of pyridine rings is 2. The van der Waals surface area contributed by atoms with Gasteiger partial charge in [-0.3, -0.25) is 10.1 Å². The van der Waals surface area contributed by atoms with Crippen LogP contribution in [0.15, 0.2) is 46.8 Å². The number of allylic oxidation sites excluding steroid dienone is 1. The molecule has 2 N–H and O–H groups in total. The van der Waals surface area contributed by atoms with Gasteiger partial charge in [0.2, 0.25) is 5.96 Å². The lowest BCUT2D eigenvalue weighted by atomic mass is 10.0. The third-order valence-electron chi connectivity index (χ3n) is 5.67. The van der Waals surface area contributed by atoms with Gasteiger partial charge in [-0.05, 0) is 55.8 Å². The number of ether oxygens (including phenoxy) is 1. The molecule has 1 saturated heterocycles. The lowest BCUT2D eigenvalue weighted by Gasteiger charge is -2.28. The second-order valence-electron chi connectivity index (χ2n) is 8.00. The first-order chi connectivity index (χ1) is 15.7. The second kappa shape index (κ2) is 8.88. The molecule has 4 heterocycles. The van der Waals surface area contributed by atoms with Gasteiger partial charge in [0.25, 0.3) is 0 Å². The SMILES string of the molecule is C=N/C(=N\C=C(/C)c1cc(N2CCOCC2)nc2c(-c3ccn[nH]3)nccc12)NC1CC1. The maximum atomic E-state index is 5.54. The first kappa shape index (κ1) is 20.3. The maximum absolute atomic E-state index is 5.54. The van der Waals surface area contributed by atoms with Gasteiger partial charge in [-0.15, -0.1) is 0 Å². The third kappa shape index (κ3) is 4.24. The molecule has 0 aromatic carbocycles. The number of aromatic amines is 1. The fourth-order valence-corrected chi connectivity index (χ4v) is 3.77. The van der Waals surface area contributed by atoms with Crippen LogP contribution < -0.4 is 10.2 Å². The number of nitrogens with one attached hydrogen (secondary N) is 2. The lowest BCUT2D eigenvalue weighted by Crippen LogP contribution is -2.36. The van der Waals surface area contributed by atoms with Gasteiger partial charge < -0.3 is 15.0 Å². The molecule has 3 aromatic rings. The van der Waals surface area contributed by atoms with E-state index in [1.165, 1.54) is 0 Å². The Morgan fingerprint density at radius 3 is 2.84 bits per heavy atom. The van der Waals surface area contributed by atoms with Crippen molar-refractivity contribution in [1.29, 1.82) is 0 Å². The molecule has 2 fully saturated rings. The number of fused-ring (bicyclic) bond motifs is 1. The van der Waals surface area contributed by atoms with Gasteiger partial charge in [0.05, 0.1) is 18.9 Å². The summed E-state index contributed by atoms with van der Waals surface area (Å²) in [5, 5.41) is 11.4. The molecule has 5 rings (SSSR count). The first-order valence-electron chi connectivity index (χ1n) is 10.8. The highest BCUT2D eigenvalue weighted by molar-refractivity contribution is 5.99. The molecule has 3 aromatic heterocycles. The highest BCUT2D eigenvalue weighted by Gasteiger charge is 2.22. The number of hydrogen-bond acceptors (Lipinski definition) is 6. The molecule has 0 bridgehead atoms. The summed E-state index contributed by atoms with van der Waals surface area (Å²) in [5.41, 5.74) is 4.49. The Labute approximate surface area is 186 Å². The number of rotatable bonds is 5. The van der Waals surface area contributed by atoms with Gasteiger partial charge >= 0.3 is 0 Å². The van der Waals surface area contributed by atoms with Crippen molar-refractivity contribution in [2.75, 3.05) is 31.2 Å². The van der Waals surface area contributed by atoms with E-state index in [4.69, 9.17) is 9.72 Å². The van der Waals surface area contributed by atoms with Gasteiger partial charge in [0, 0.05) is 43.1 Å². The zero-order valence-electron chi connectivity index (χ0n) is 18.1. The van der Waals surface area contributed by atoms with Gasteiger partial charge in [0.15, 0.2) is 0 Å².